The van der Waals surface area contributed by atoms with E-state index in [9.17, 15) is 9.59 Å². The lowest BCUT2D eigenvalue weighted by molar-refractivity contribution is -0.141. The number of hydrogen-bond donors (Lipinski definition) is 1. The van der Waals surface area contributed by atoms with Crippen molar-refractivity contribution in [1.29, 1.82) is 0 Å². The van der Waals surface area contributed by atoms with E-state index in [0.29, 0.717) is 19.5 Å². The number of nitrogens with one attached hydrogen (secondary N) is 1. The molecular weight excluding hydrogens is 186 g/mol. The molecule has 1 N–H and O–H groups in total. The Morgan fingerprint density at radius 2 is 2.14 bits per heavy atom. The van der Waals surface area contributed by atoms with Crippen LogP contribution in [0.15, 0.2) is 12.7 Å². The van der Waals surface area contributed by atoms with Crippen LogP contribution in [0.2, 0.25) is 0 Å². The van der Waals surface area contributed by atoms with Crippen molar-refractivity contribution in [2.24, 2.45) is 0 Å². The van der Waals surface area contributed by atoms with Crippen LogP contribution in [0, 0.1) is 0 Å². The van der Waals surface area contributed by atoms with Gasteiger partial charge in [0, 0.05) is 19.2 Å². The zero-order valence-corrected chi connectivity index (χ0v) is 8.25. The molecule has 0 saturated carbocycles. The van der Waals surface area contributed by atoms with Crippen molar-refractivity contribution in [1.82, 2.24) is 5.32 Å². The molecule has 0 unspecified atom stereocenters. The van der Waals surface area contributed by atoms with E-state index < -0.39 is 5.97 Å². The lowest BCUT2D eigenvalue weighted by atomic mass is 10.4. The highest BCUT2D eigenvalue weighted by Gasteiger charge is 1.98. The summed E-state index contributed by atoms with van der Waals surface area (Å²) in [6, 6.07) is 0. The Bertz CT molecular complexity index is 203. The topological polar surface area (TPSA) is 64.6 Å². The fraction of sp³-hybridized carbons (Fsp3) is 0.556. The fourth-order valence-corrected chi connectivity index (χ4v) is 0.700. The summed E-state index contributed by atoms with van der Waals surface area (Å²) in [6.07, 6.45) is 1.42. The number of hydrogen-bond acceptors (Lipinski definition) is 5. The minimum atomic E-state index is -0.445. The Labute approximate surface area is 83.1 Å². The summed E-state index contributed by atoms with van der Waals surface area (Å²) in [4.78, 5) is 21.2. The molecule has 0 spiro atoms. The van der Waals surface area contributed by atoms with E-state index >= 15 is 0 Å². The summed E-state index contributed by atoms with van der Waals surface area (Å²) in [5.41, 5.74) is 0. The minimum absolute atomic E-state index is 0.263. The maximum absolute atomic E-state index is 10.6. The molecule has 80 valence electrons. The van der Waals surface area contributed by atoms with Gasteiger partial charge in [-0.2, -0.15) is 0 Å². The second kappa shape index (κ2) is 8.25. The molecule has 0 atom stereocenters. The van der Waals surface area contributed by atoms with Crippen LogP contribution in [0.4, 0.5) is 0 Å². The SMILES string of the molecule is C=CC(=O)OCCNCCC(=O)OC. The number of rotatable bonds is 7. The number of methoxy groups -OCH3 is 1. The highest BCUT2D eigenvalue weighted by Crippen LogP contribution is 1.81. The smallest absolute Gasteiger partial charge is 0.330 e. The van der Waals surface area contributed by atoms with E-state index in [-0.39, 0.29) is 12.6 Å². The Hall–Kier alpha value is -1.36. The second-order valence-corrected chi connectivity index (χ2v) is 2.45. The van der Waals surface area contributed by atoms with Crippen LogP contribution in [-0.2, 0) is 19.1 Å². The molecule has 5 heteroatoms. The summed E-state index contributed by atoms with van der Waals surface area (Å²) in [5, 5.41) is 2.92. The van der Waals surface area contributed by atoms with Crippen LogP contribution in [0.5, 0.6) is 0 Å². The molecule has 0 radical (unpaired) electrons. The van der Waals surface area contributed by atoms with E-state index in [0.717, 1.165) is 6.08 Å². The van der Waals surface area contributed by atoms with Crippen LogP contribution in [0.1, 0.15) is 6.42 Å². The van der Waals surface area contributed by atoms with Crippen LogP contribution < -0.4 is 5.32 Å². The standard InChI is InChI=1S/C9H15NO4/c1-3-8(11)14-7-6-10-5-4-9(12)13-2/h3,10H,1,4-7H2,2H3. The van der Waals surface area contributed by atoms with Crippen molar-refractivity contribution < 1.29 is 19.1 Å². The molecule has 0 aliphatic carbocycles. The van der Waals surface area contributed by atoms with Gasteiger partial charge in [-0.3, -0.25) is 4.79 Å². The van der Waals surface area contributed by atoms with Crippen molar-refractivity contribution in [3.05, 3.63) is 12.7 Å². The van der Waals surface area contributed by atoms with Gasteiger partial charge < -0.3 is 14.8 Å². The first-order valence-electron chi connectivity index (χ1n) is 4.27. The quantitative estimate of drug-likeness (QED) is 0.353. The monoisotopic (exact) mass is 201 g/mol. The Balaban J connectivity index is 3.18. The van der Waals surface area contributed by atoms with Gasteiger partial charge in [-0.15, -0.1) is 0 Å². The first kappa shape index (κ1) is 12.6. The third kappa shape index (κ3) is 7.30. The number of carbonyl (C=O) groups excluding carboxylic acids is 2. The molecule has 0 aromatic heterocycles. The summed E-state index contributed by atoms with van der Waals surface area (Å²) in [5.74, 6) is -0.708. The molecule has 0 aromatic carbocycles. The van der Waals surface area contributed by atoms with Gasteiger partial charge in [0.2, 0.25) is 0 Å². The third-order valence-electron chi connectivity index (χ3n) is 1.42. The van der Waals surface area contributed by atoms with Crippen LogP contribution in [-0.4, -0.2) is 38.7 Å². The first-order valence-corrected chi connectivity index (χ1v) is 4.27. The Kier molecular flexibility index (Phi) is 7.45. The maximum atomic E-state index is 10.6. The highest BCUT2D eigenvalue weighted by atomic mass is 16.5. The van der Waals surface area contributed by atoms with Crippen molar-refractivity contribution in [3.8, 4) is 0 Å². The molecule has 0 saturated heterocycles. The van der Waals surface area contributed by atoms with Gasteiger partial charge in [-0.1, -0.05) is 6.58 Å². The molecule has 0 heterocycles. The van der Waals surface area contributed by atoms with E-state index in [1.165, 1.54) is 7.11 Å². The lowest BCUT2D eigenvalue weighted by Crippen LogP contribution is -2.23. The van der Waals surface area contributed by atoms with E-state index in [2.05, 4.69) is 21.4 Å². The van der Waals surface area contributed by atoms with Gasteiger partial charge in [0.05, 0.1) is 13.5 Å². The van der Waals surface area contributed by atoms with Crippen LogP contribution in [0.3, 0.4) is 0 Å². The Morgan fingerprint density at radius 1 is 1.43 bits per heavy atom. The van der Waals surface area contributed by atoms with Gasteiger partial charge in [0.1, 0.15) is 6.61 Å². The molecule has 0 aromatic rings. The van der Waals surface area contributed by atoms with E-state index in [4.69, 9.17) is 0 Å². The third-order valence-corrected chi connectivity index (χ3v) is 1.42. The first-order chi connectivity index (χ1) is 6.70. The van der Waals surface area contributed by atoms with Crippen LogP contribution in [0.25, 0.3) is 0 Å². The lowest BCUT2D eigenvalue weighted by Gasteiger charge is -2.03. The molecule has 0 amide bonds. The molecule has 14 heavy (non-hydrogen) atoms. The average molecular weight is 201 g/mol. The van der Waals surface area contributed by atoms with Crippen molar-refractivity contribution in [2.45, 2.75) is 6.42 Å². The Morgan fingerprint density at radius 3 is 2.71 bits per heavy atom. The summed E-state index contributed by atoms with van der Waals surface area (Å²) < 4.78 is 9.12. The molecule has 0 rings (SSSR count). The van der Waals surface area contributed by atoms with Crippen LogP contribution >= 0.6 is 0 Å². The fourth-order valence-electron chi connectivity index (χ4n) is 0.700. The van der Waals surface area contributed by atoms with E-state index in [1.807, 2.05) is 0 Å². The molecule has 0 aliphatic rings. The zero-order chi connectivity index (χ0) is 10.8. The van der Waals surface area contributed by atoms with Gasteiger partial charge in [0.15, 0.2) is 0 Å². The molecule has 0 fully saturated rings. The maximum Gasteiger partial charge on any atom is 0.330 e. The normalized spacial score (nSPS) is 9.21. The van der Waals surface area contributed by atoms with Gasteiger partial charge in [-0.05, 0) is 0 Å². The summed E-state index contributed by atoms with van der Waals surface area (Å²) >= 11 is 0. The number of carbonyl (C=O) groups is 2. The molecule has 0 bridgehead atoms. The van der Waals surface area contributed by atoms with Gasteiger partial charge >= 0.3 is 11.9 Å². The van der Waals surface area contributed by atoms with Crippen molar-refractivity contribution in [2.75, 3.05) is 26.8 Å². The number of esters is 2. The van der Waals surface area contributed by atoms with Gasteiger partial charge in [-0.25, -0.2) is 4.79 Å². The molecular formula is C9H15NO4. The van der Waals surface area contributed by atoms with Crippen molar-refractivity contribution in [3.63, 3.8) is 0 Å². The molecule has 0 aliphatic heterocycles. The summed E-state index contributed by atoms with van der Waals surface area (Å²) in [6.45, 7) is 4.55. The zero-order valence-electron chi connectivity index (χ0n) is 8.25. The predicted molar refractivity (Wildman–Crippen MR) is 50.7 cm³/mol. The average Bonchev–Trinajstić information content (AvgIpc) is 2.22. The highest BCUT2D eigenvalue weighted by molar-refractivity contribution is 5.81. The minimum Gasteiger partial charge on any atom is -0.469 e. The van der Waals surface area contributed by atoms with Gasteiger partial charge in [0.25, 0.3) is 0 Å². The second-order valence-electron chi connectivity index (χ2n) is 2.45. The number of ether oxygens (including phenoxy) is 2. The van der Waals surface area contributed by atoms with E-state index in [1.54, 1.807) is 0 Å². The van der Waals surface area contributed by atoms with Crippen molar-refractivity contribution >= 4 is 11.9 Å². The summed E-state index contributed by atoms with van der Waals surface area (Å²) in [7, 11) is 1.34. The predicted octanol–water partition coefficient (Wildman–Crippen LogP) is -0.132. The largest absolute Gasteiger partial charge is 0.469 e. The molecule has 5 nitrogen and oxygen atoms in total.